The van der Waals surface area contributed by atoms with Crippen LogP contribution in [0.15, 0.2) is 30.3 Å². The van der Waals surface area contributed by atoms with Crippen LogP contribution < -0.4 is 5.73 Å². The molecule has 0 bridgehead atoms. The molecule has 2 N–H and O–H groups in total. The Morgan fingerprint density at radius 1 is 1.22 bits per heavy atom. The minimum absolute atomic E-state index is 0.223. The smallest absolute Gasteiger partial charge is 0.122 e. The molecule has 0 aliphatic heterocycles. The van der Waals surface area contributed by atoms with E-state index in [0.717, 1.165) is 16.8 Å². The second-order valence-corrected chi connectivity index (χ2v) is 4.68. The summed E-state index contributed by atoms with van der Waals surface area (Å²) in [5.74, 6) is 0.559. The van der Waals surface area contributed by atoms with Crippen LogP contribution >= 0.6 is 0 Å². The lowest BCUT2D eigenvalue weighted by Crippen LogP contribution is -2.07. The maximum atomic E-state index is 9.22. The number of nitrogens with zero attached hydrogens (tertiary/aromatic N) is 2. The lowest BCUT2D eigenvalue weighted by Gasteiger charge is -2.15. The highest BCUT2D eigenvalue weighted by molar-refractivity contribution is 5.74. The van der Waals surface area contributed by atoms with Gasteiger partial charge in [0, 0.05) is 6.04 Å². The lowest BCUT2D eigenvalue weighted by molar-refractivity contribution is 0.617. The molecule has 3 heteroatoms. The molecule has 3 nitrogen and oxygen atoms in total. The highest BCUT2D eigenvalue weighted by atomic mass is 15.1. The fourth-order valence-corrected chi connectivity index (χ4v) is 2.36. The first-order valence-electron chi connectivity index (χ1n) is 6.03. The van der Waals surface area contributed by atoms with Gasteiger partial charge in [-0.1, -0.05) is 30.3 Å². The third-order valence-electron chi connectivity index (χ3n) is 3.16. The summed E-state index contributed by atoms with van der Waals surface area (Å²) in [6, 6.07) is 12.5. The first-order valence-corrected chi connectivity index (χ1v) is 6.03. The highest BCUT2D eigenvalue weighted by Gasteiger charge is 2.20. The van der Waals surface area contributed by atoms with E-state index in [1.54, 1.807) is 0 Å². The van der Waals surface area contributed by atoms with Crippen LogP contribution in [0, 0.1) is 18.3 Å². The summed E-state index contributed by atoms with van der Waals surface area (Å²) in [4.78, 5) is 0. The predicted molar refractivity (Wildman–Crippen MR) is 74.1 cm³/mol. The molecule has 0 amide bonds. The molecule has 0 spiro atoms. The maximum Gasteiger partial charge on any atom is 0.122 e. The zero-order valence-corrected chi connectivity index (χ0v) is 10.9. The highest BCUT2D eigenvalue weighted by Crippen LogP contribution is 2.35. The quantitative estimate of drug-likeness (QED) is 0.872. The number of rotatable bonds is 2. The SMILES string of the molecule is Cc1c(C#N)c(N)n(C(C)C)c1-c1ccccc1. The van der Waals surface area contributed by atoms with Gasteiger partial charge in [0.15, 0.2) is 0 Å². The number of nitrogens with two attached hydrogens (primary N) is 1. The molecule has 0 aliphatic carbocycles. The molecule has 0 atom stereocenters. The third-order valence-corrected chi connectivity index (χ3v) is 3.16. The van der Waals surface area contributed by atoms with E-state index in [-0.39, 0.29) is 6.04 Å². The monoisotopic (exact) mass is 239 g/mol. The summed E-state index contributed by atoms with van der Waals surface area (Å²) in [6.45, 7) is 6.10. The van der Waals surface area contributed by atoms with Gasteiger partial charge in [-0.15, -0.1) is 0 Å². The van der Waals surface area contributed by atoms with Crippen molar-refractivity contribution in [3.05, 3.63) is 41.5 Å². The fraction of sp³-hybridized carbons (Fsp3) is 0.267. The molecule has 1 aromatic heterocycles. The molecule has 1 aromatic carbocycles. The molecule has 0 saturated carbocycles. The van der Waals surface area contributed by atoms with Crippen LogP contribution in [0.2, 0.25) is 0 Å². The standard InChI is InChI=1S/C15H17N3/c1-10(2)18-14(12-7-5-4-6-8-12)11(3)13(9-16)15(18)17/h4-8,10H,17H2,1-3H3. The van der Waals surface area contributed by atoms with Crippen LogP contribution in [0.25, 0.3) is 11.3 Å². The van der Waals surface area contributed by atoms with Crippen LogP contribution in [-0.4, -0.2) is 4.57 Å². The van der Waals surface area contributed by atoms with Crippen molar-refractivity contribution in [1.29, 1.82) is 5.26 Å². The summed E-state index contributed by atoms with van der Waals surface area (Å²) in [5.41, 5.74) is 9.77. The Hall–Kier alpha value is -2.21. The van der Waals surface area contributed by atoms with Gasteiger partial charge in [0.25, 0.3) is 0 Å². The fourth-order valence-electron chi connectivity index (χ4n) is 2.36. The van der Waals surface area contributed by atoms with Crippen molar-refractivity contribution < 1.29 is 0 Å². The Kier molecular flexibility index (Phi) is 3.12. The number of anilines is 1. The van der Waals surface area contributed by atoms with Gasteiger partial charge >= 0.3 is 0 Å². The summed E-state index contributed by atoms with van der Waals surface area (Å²) in [6.07, 6.45) is 0. The van der Waals surface area contributed by atoms with Gasteiger partial charge < -0.3 is 10.3 Å². The second kappa shape index (κ2) is 4.58. The van der Waals surface area contributed by atoms with Gasteiger partial charge in [-0.25, -0.2) is 0 Å². The topological polar surface area (TPSA) is 54.7 Å². The van der Waals surface area contributed by atoms with Crippen molar-refractivity contribution in [3.63, 3.8) is 0 Å². The van der Waals surface area contributed by atoms with E-state index in [2.05, 4.69) is 19.9 Å². The molecule has 0 unspecified atom stereocenters. The molecule has 2 aromatic rings. The van der Waals surface area contributed by atoms with Crippen LogP contribution in [0.5, 0.6) is 0 Å². The van der Waals surface area contributed by atoms with E-state index in [4.69, 9.17) is 5.73 Å². The molecular weight excluding hydrogens is 222 g/mol. The van der Waals surface area contributed by atoms with E-state index in [9.17, 15) is 5.26 Å². The van der Waals surface area contributed by atoms with Crippen LogP contribution in [0.3, 0.4) is 0 Å². The average molecular weight is 239 g/mol. The Balaban J connectivity index is 2.79. The molecular formula is C15H17N3. The molecule has 18 heavy (non-hydrogen) atoms. The van der Waals surface area contributed by atoms with Gasteiger partial charge in [-0.3, -0.25) is 0 Å². The Morgan fingerprint density at radius 2 is 1.83 bits per heavy atom. The zero-order chi connectivity index (χ0) is 13.3. The first-order chi connectivity index (χ1) is 8.57. The number of aromatic nitrogens is 1. The lowest BCUT2D eigenvalue weighted by atomic mass is 10.1. The van der Waals surface area contributed by atoms with Gasteiger partial charge in [-0.2, -0.15) is 5.26 Å². The zero-order valence-electron chi connectivity index (χ0n) is 10.9. The first kappa shape index (κ1) is 12.3. The predicted octanol–water partition coefficient (Wildman–Crippen LogP) is 3.50. The van der Waals surface area contributed by atoms with E-state index in [0.29, 0.717) is 11.4 Å². The Bertz CT molecular complexity index is 601. The van der Waals surface area contributed by atoms with Gasteiger partial charge in [0.2, 0.25) is 0 Å². The van der Waals surface area contributed by atoms with Gasteiger partial charge in [0.05, 0.1) is 11.3 Å². The van der Waals surface area contributed by atoms with Crippen LogP contribution in [0.4, 0.5) is 5.82 Å². The second-order valence-electron chi connectivity index (χ2n) is 4.68. The summed E-state index contributed by atoms with van der Waals surface area (Å²) >= 11 is 0. The Morgan fingerprint density at radius 3 is 2.33 bits per heavy atom. The molecule has 92 valence electrons. The van der Waals surface area contributed by atoms with Crippen LogP contribution in [0.1, 0.15) is 31.0 Å². The molecule has 2 rings (SSSR count). The minimum atomic E-state index is 0.223. The normalized spacial score (nSPS) is 10.6. The molecule has 1 heterocycles. The van der Waals surface area contributed by atoms with Crippen molar-refractivity contribution in [2.75, 3.05) is 5.73 Å². The maximum absolute atomic E-state index is 9.22. The summed E-state index contributed by atoms with van der Waals surface area (Å²) < 4.78 is 2.03. The largest absolute Gasteiger partial charge is 0.384 e. The summed E-state index contributed by atoms with van der Waals surface area (Å²) in [5, 5.41) is 9.22. The average Bonchev–Trinajstić information content (AvgIpc) is 2.61. The van der Waals surface area contributed by atoms with Crippen LogP contribution in [-0.2, 0) is 0 Å². The van der Waals surface area contributed by atoms with E-state index < -0.39 is 0 Å². The number of nitriles is 1. The van der Waals surface area contributed by atoms with Crippen molar-refractivity contribution in [2.24, 2.45) is 0 Å². The van der Waals surface area contributed by atoms with Gasteiger partial charge in [-0.05, 0) is 31.9 Å². The van der Waals surface area contributed by atoms with E-state index in [1.807, 2.05) is 41.8 Å². The van der Waals surface area contributed by atoms with E-state index in [1.165, 1.54) is 0 Å². The van der Waals surface area contributed by atoms with Gasteiger partial charge in [0.1, 0.15) is 11.9 Å². The number of hydrogen-bond acceptors (Lipinski definition) is 2. The summed E-state index contributed by atoms with van der Waals surface area (Å²) in [7, 11) is 0. The van der Waals surface area contributed by atoms with Crippen molar-refractivity contribution in [1.82, 2.24) is 4.57 Å². The van der Waals surface area contributed by atoms with Crippen molar-refractivity contribution >= 4 is 5.82 Å². The molecule has 0 saturated heterocycles. The van der Waals surface area contributed by atoms with Crippen molar-refractivity contribution in [2.45, 2.75) is 26.8 Å². The minimum Gasteiger partial charge on any atom is -0.384 e. The van der Waals surface area contributed by atoms with E-state index >= 15 is 0 Å². The number of nitrogen functional groups attached to an aromatic ring is 1. The number of benzene rings is 1. The van der Waals surface area contributed by atoms with Crippen molar-refractivity contribution in [3.8, 4) is 17.3 Å². The molecule has 0 radical (unpaired) electrons. The Labute approximate surface area is 107 Å². The third kappa shape index (κ3) is 1.76. The number of hydrogen-bond donors (Lipinski definition) is 1. The molecule has 0 aliphatic rings. The molecule has 0 fully saturated rings.